The molecular weight excluding hydrogens is 554 g/mol. The van der Waals surface area contributed by atoms with Gasteiger partial charge in [0.05, 0.1) is 33.4 Å². The van der Waals surface area contributed by atoms with Gasteiger partial charge in [-0.3, -0.25) is 19.1 Å². The quantitative estimate of drug-likeness (QED) is 0.261. The minimum atomic E-state index is -0.713. The zero-order valence-electron chi connectivity index (χ0n) is 16.2. The first-order chi connectivity index (χ1) is 15.0. The number of carbonyl (C=O) groups is 1. The summed E-state index contributed by atoms with van der Waals surface area (Å²) in [7, 11) is 0. The van der Waals surface area contributed by atoms with E-state index in [9.17, 15) is 9.59 Å². The Bertz CT molecular complexity index is 1170. The van der Waals surface area contributed by atoms with Crippen molar-refractivity contribution in [1.29, 1.82) is 0 Å². The molecule has 0 aliphatic carbocycles. The Morgan fingerprint density at radius 3 is 2.65 bits per heavy atom. The highest BCUT2D eigenvalue weighted by Gasteiger charge is 2.30. The molecule has 2 aromatic heterocycles. The molecule has 1 atom stereocenters. The summed E-state index contributed by atoms with van der Waals surface area (Å²) in [4.78, 5) is 36.4. The van der Waals surface area contributed by atoms with Crippen LogP contribution in [0.3, 0.4) is 0 Å². The Labute approximate surface area is 202 Å². The molecule has 1 aliphatic heterocycles. The minimum absolute atomic E-state index is 0.162. The summed E-state index contributed by atoms with van der Waals surface area (Å²) >= 11 is 14.1. The molecule has 0 spiro atoms. The Kier molecular flexibility index (Phi) is 6.90. The molecule has 0 bridgehead atoms. The van der Waals surface area contributed by atoms with Crippen molar-refractivity contribution in [3.05, 3.63) is 74.8 Å². The number of rotatable bonds is 5. The number of benzene rings is 1. The van der Waals surface area contributed by atoms with Crippen molar-refractivity contribution in [2.45, 2.75) is 10.7 Å². The van der Waals surface area contributed by atoms with Crippen molar-refractivity contribution >= 4 is 57.5 Å². The summed E-state index contributed by atoms with van der Waals surface area (Å²) in [6, 6.07) is 9.87. The Morgan fingerprint density at radius 1 is 1.16 bits per heavy atom. The third-order valence-electron chi connectivity index (χ3n) is 4.93. The van der Waals surface area contributed by atoms with Gasteiger partial charge in [-0.2, -0.15) is 0 Å². The van der Waals surface area contributed by atoms with Crippen molar-refractivity contribution in [3.8, 4) is 11.3 Å². The summed E-state index contributed by atoms with van der Waals surface area (Å²) in [6.07, 6.45) is 2.60. The number of anilines is 1. The molecule has 0 amide bonds. The van der Waals surface area contributed by atoms with Gasteiger partial charge in [-0.1, -0.05) is 45.8 Å². The molecule has 0 N–H and O–H groups in total. The second-order valence-electron chi connectivity index (χ2n) is 6.86. The van der Waals surface area contributed by atoms with Gasteiger partial charge in [0.15, 0.2) is 5.78 Å². The number of ether oxygens (including phenoxy) is 1. The van der Waals surface area contributed by atoms with Gasteiger partial charge < -0.3 is 9.64 Å². The summed E-state index contributed by atoms with van der Waals surface area (Å²) in [5.41, 5.74) is 1.61. The van der Waals surface area contributed by atoms with E-state index in [2.05, 4.69) is 27.6 Å². The lowest BCUT2D eigenvalue weighted by molar-refractivity contribution is 0.0337. The van der Waals surface area contributed by atoms with E-state index in [4.69, 9.17) is 32.9 Å². The summed E-state index contributed by atoms with van der Waals surface area (Å²) in [5.74, 6) is 0.306. The number of Topliss-reactive ketones (excluding diaryl/α,β-unsaturated/α-hetero) is 1. The molecule has 10 heteroatoms. The molecule has 3 aromatic rings. The van der Waals surface area contributed by atoms with Gasteiger partial charge >= 0.3 is 0 Å². The smallest absolute Gasteiger partial charge is 0.256 e. The van der Waals surface area contributed by atoms with E-state index in [0.717, 1.165) is 5.56 Å². The molecule has 1 fully saturated rings. The number of pyridine rings is 1. The molecule has 0 radical (unpaired) electrons. The highest BCUT2D eigenvalue weighted by Crippen LogP contribution is 2.25. The minimum Gasteiger partial charge on any atom is -0.366 e. The molecule has 1 saturated heterocycles. The van der Waals surface area contributed by atoms with Crippen LogP contribution in [-0.4, -0.2) is 46.1 Å². The van der Waals surface area contributed by atoms with Crippen molar-refractivity contribution in [1.82, 2.24) is 14.5 Å². The van der Waals surface area contributed by atoms with E-state index >= 15 is 0 Å². The topological polar surface area (TPSA) is 77.3 Å². The van der Waals surface area contributed by atoms with Crippen LogP contribution < -0.4 is 10.5 Å². The molecular formula is C21H17Cl2IN4O3. The first-order valence-electron chi connectivity index (χ1n) is 9.42. The number of hydrogen-bond donors (Lipinski definition) is 0. The molecule has 0 saturated carbocycles. The standard InChI is InChI=1S/C21H17Cl2IN4O3/c22-15-2-1-14(9-16(15)23)20(30)18-11-27(7-8-31-18)21-26-17(10-19(29)28(21)12-24)13-3-5-25-6-4-13/h1-6,9-10,18H,7-8,11-12H2. The number of hydrogen-bond acceptors (Lipinski definition) is 6. The predicted molar refractivity (Wildman–Crippen MR) is 128 cm³/mol. The van der Waals surface area contributed by atoms with Gasteiger partial charge in [0.25, 0.3) is 5.56 Å². The summed E-state index contributed by atoms with van der Waals surface area (Å²) in [6.45, 7) is 1.10. The van der Waals surface area contributed by atoms with Crippen molar-refractivity contribution in [2.24, 2.45) is 0 Å². The van der Waals surface area contributed by atoms with Gasteiger partial charge in [0.1, 0.15) is 6.10 Å². The van der Waals surface area contributed by atoms with Crippen molar-refractivity contribution < 1.29 is 9.53 Å². The van der Waals surface area contributed by atoms with E-state index in [1.165, 1.54) is 12.1 Å². The zero-order chi connectivity index (χ0) is 22.0. The number of morpholine rings is 1. The van der Waals surface area contributed by atoms with Crippen LogP contribution in [0.2, 0.25) is 10.0 Å². The number of alkyl halides is 1. The molecule has 31 heavy (non-hydrogen) atoms. The van der Waals surface area contributed by atoms with Gasteiger partial charge in [0, 0.05) is 36.1 Å². The monoisotopic (exact) mass is 570 g/mol. The van der Waals surface area contributed by atoms with E-state index in [0.29, 0.717) is 45.0 Å². The largest absolute Gasteiger partial charge is 0.366 e. The van der Waals surface area contributed by atoms with Crippen LogP contribution in [0.15, 0.2) is 53.6 Å². The van der Waals surface area contributed by atoms with Crippen LogP contribution in [0.4, 0.5) is 5.95 Å². The second kappa shape index (κ2) is 9.64. The van der Waals surface area contributed by atoms with Gasteiger partial charge in [0.2, 0.25) is 5.95 Å². The van der Waals surface area contributed by atoms with Crippen molar-refractivity contribution in [2.75, 3.05) is 24.6 Å². The van der Waals surface area contributed by atoms with Gasteiger partial charge in [-0.25, -0.2) is 4.98 Å². The van der Waals surface area contributed by atoms with E-state index in [1.807, 2.05) is 4.90 Å². The van der Waals surface area contributed by atoms with Crippen LogP contribution in [0.1, 0.15) is 10.4 Å². The Hall–Kier alpha value is -2.01. The second-order valence-corrected chi connectivity index (χ2v) is 8.36. The Balaban J connectivity index is 1.66. The lowest BCUT2D eigenvalue weighted by Gasteiger charge is -2.34. The molecule has 160 valence electrons. The van der Waals surface area contributed by atoms with Crippen LogP contribution in [0, 0.1) is 0 Å². The summed E-state index contributed by atoms with van der Waals surface area (Å²) in [5, 5.41) is 0.693. The third kappa shape index (κ3) is 4.77. The zero-order valence-corrected chi connectivity index (χ0v) is 19.8. The molecule has 4 rings (SSSR count). The normalized spacial score (nSPS) is 16.4. The first-order valence-corrected chi connectivity index (χ1v) is 11.7. The van der Waals surface area contributed by atoms with Crippen LogP contribution in [0.5, 0.6) is 0 Å². The third-order valence-corrected chi connectivity index (χ3v) is 6.35. The average molecular weight is 571 g/mol. The summed E-state index contributed by atoms with van der Waals surface area (Å²) < 4.78 is 7.75. The maximum absolute atomic E-state index is 13.0. The van der Waals surface area contributed by atoms with E-state index < -0.39 is 6.10 Å². The lowest BCUT2D eigenvalue weighted by Crippen LogP contribution is -2.48. The van der Waals surface area contributed by atoms with Crippen molar-refractivity contribution in [3.63, 3.8) is 0 Å². The number of ketones is 1. The van der Waals surface area contributed by atoms with Crippen LogP contribution in [0.25, 0.3) is 11.3 Å². The lowest BCUT2D eigenvalue weighted by atomic mass is 10.0. The van der Waals surface area contributed by atoms with E-state index in [-0.39, 0.29) is 17.9 Å². The maximum atomic E-state index is 13.0. The van der Waals surface area contributed by atoms with E-state index in [1.54, 1.807) is 41.2 Å². The first kappa shape index (κ1) is 22.2. The predicted octanol–water partition coefficient (Wildman–Crippen LogP) is 4.09. The fraction of sp³-hybridized carbons (Fsp3) is 0.238. The molecule has 7 nitrogen and oxygen atoms in total. The number of aromatic nitrogens is 3. The SMILES string of the molecule is O=C(c1ccc(Cl)c(Cl)c1)C1CN(c2nc(-c3ccncc3)cc(=O)n2CI)CCO1. The van der Waals surface area contributed by atoms with Gasteiger partial charge in [-0.05, 0) is 30.3 Å². The molecule has 1 aromatic carbocycles. The fourth-order valence-corrected chi connectivity index (χ4v) is 4.28. The number of carbonyl (C=O) groups excluding carboxylic acids is 1. The fourth-order valence-electron chi connectivity index (χ4n) is 3.34. The highest BCUT2D eigenvalue weighted by atomic mass is 127. The molecule has 1 unspecified atom stereocenters. The highest BCUT2D eigenvalue weighted by molar-refractivity contribution is 14.1. The maximum Gasteiger partial charge on any atom is 0.256 e. The number of nitrogens with zero attached hydrogens (tertiary/aromatic N) is 4. The molecule has 1 aliphatic rings. The average Bonchev–Trinajstić information content (AvgIpc) is 2.80. The van der Waals surface area contributed by atoms with Crippen LogP contribution >= 0.6 is 45.8 Å². The molecule has 3 heterocycles. The number of halogens is 3. The van der Waals surface area contributed by atoms with Gasteiger partial charge in [-0.15, -0.1) is 0 Å². The van der Waals surface area contributed by atoms with Crippen LogP contribution in [-0.2, 0) is 9.29 Å². The Morgan fingerprint density at radius 2 is 1.94 bits per heavy atom.